The fourth-order valence-corrected chi connectivity index (χ4v) is 1.67. The van der Waals surface area contributed by atoms with Crippen molar-refractivity contribution in [2.75, 3.05) is 6.54 Å². The van der Waals surface area contributed by atoms with Crippen LogP contribution in [0.4, 0.5) is 0 Å². The van der Waals surface area contributed by atoms with Crippen molar-refractivity contribution in [3.8, 4) is 0 Å². The van der Waals surface area contributed by atoms with Gasteiger partial charge in [0.2, 0.25) is 0 Å². The first-order valence-electron chi connectivity index (χ1n) is 5.05. The van der Waals surface area contributed by atoms with Gasteiger partial charge in [-0.3, -0.25) is 4.79 Å². The number of piperidine rings is 1. The molecule has 1 fully saturated rings. The zero-order valence-electron chi connectivity index (χ0n) is 8.67. The zero-order valence-corrected chi connectivity index (χ0v) is 8.67. The Morgan fingerprint density at radius 2 is 2.23 bits per heavy atom. The Hall–Kier alpha value is -0.570. The minimum Gasteiger partial charge on any atom is -0.462 e. The standard InChI is InChI=1S/C10H19NO2/c1-7(2)13-10(12)9-8(3)5-4-6-11-9/h7-9,11H,4-6H2,1-3H3. The molecule has 1 saturated heterocycles. The van der Waals surface area contributed by atoms with Crippen LogP contribution in [0.2, 0.25) is 0 Å². The summed E-state index contributed by atoms with van der Waals surface area (Å²) in [5.74, 6) is 0.308. The lowest BCUT2D eigenvalue weighted by atomic mass is 9.93. The van der Waals surface area contributed by atoms with Crippen LogP contribution in [-0.4, -0.2) is 24.7 Å². The lowest BCUT2D eigenvalue weighted by molar-refractivity contribution is -0.152. The summed E-state index contributed by atoms with van der Waals surface area (Å²) in [6, 6.07) is -0.0869. The van der Waals surface area contributed by atoms with Gasteiger partial charge < -0.3 is 10.1 Å². The van der Waals surface area contributed by atoms with E-state index >= 15 is 0 Å². The summed E-state index contributed by atoms with van der Waals surface area (Å²) in [4.78, 5) is 11.5. The first kappa shape index (κ1) is 10.5. The summed E-state index contributed by atoms with van der Waals surface area (Å²) in [7, 11) is 0. The summed E-state index contributed by atoms with van der Waals surface area (Å²) in [6.45, 7) is 6.79. The van der Waals surface area contributed by atoms with Gasteiger partial charge in [0.15, 0.2) is 0 Å². The van der Waals surface area contributed by atoms with E-state index in [0.29, 0.717) is 5.92 Å². The average molecular weight is 185 g/mol. The molecule has 2 atom stereocenters. The highest BCUT2D eigenvalue weighted by Gasteiger charge is 2.28. The van der Waals surface area contributed by atoms with Crippen LogP contribution in [0.15, 0.2) is 0 Å². The molecule has 0 radical (unpaired) electrons. The molecule has 0 aromatic rings. The fraction of sp³-hybridized carbons (Fsp3) is 0.900. The third kappa shape index (κ3) is 2.99. The van der Waals surface area contributed by atoms with E-state index in [0.717, 1.165) is 19.4 Å². The molecule has 0 amide bonds. The van der Waals surface area contributed by atoms with Gasteiger partial charge in [0.05, 0.1) is 6.10 Å². The second kappa shape index (κ2) is 4.61. The molecule has 0 aromatic heterocycles. The normalized spacial score (nSPS) is 28.9. The molecule has 0 aliphatic carbocycles. The monoisotopic (exact) mass is 185 g/mol. The first-order chi connectivity index (χ1) is 6.11. The van der Waals surface area contributed by atoms with Crippen LogP contribution in [0.3, 0.4) is 0 Å². The number of hydrogen-bond acceptors (Lipinski definition) is 3. The van der Waals surface area contributed by atoms with Gasteiger partial charge in [0.1, 0.15) is 6.04 Å². The second-order valence-electron chi connectivity index (χ2n) is 4.04. The molecule has 0 spiro atoms. The van der Waals surface area contributed by atoms with Crippen molar-refractivity contribution in [3.63, 3.8) is 0 Å². The Kier molecular flexibility index (Phi) is 3.72. The van der Waals surface area contributed by atoms with Crippen LogP contribution in [0.5, 0.6) is 0 Å². The van der Waals surface area contributed by atoms with Gasteiger partial charge in [-0.05, 0) is 39.2 Å². The molecule has 1 rings (SSSR count). The Balaban J connectivity index is 2.44. The third-order valence-corrected chi connectivity index (χ3v) is 2.38. The molecular weight excluding hydrogens is 166 g/mol. The highest BCUT2D eigenvalue weighted by molar-refractivity contribution is 5.76. The van der Waals surface area contributed by atoms with Gasteiger partial charge in [0.25, 0.3) is 0 Å². The maximum atomic E-state index is 11.5. The van der Waals surface area contributed by atoms with E-state index in [1.54, 1.807) is 0 Å². The van der Waals surface area contributed by atoms with E-state index in [9.17, 15) is 4.79 Å². The minimum atomic E-state index is -0.0952. The van der Waals surface area contributed by atoms with E-state index in [-0.39, 0.29) is 18.1 Å². The molecule has 0 aromatic carbocycles. The summed E-state index contributed by atoms with van der Waals surface area (Å²) in [6.07, 6.45) is 2.26. The van der Waals surface area contributed by atoms with E-state index in [1.165, 1.54) is 0 Å². The average Bonchev–Trinajstić information content (AvgIpc) is 2.03. The molecule has 76 valence electrons. The SMILES string of the molecule is CC(C)OC(=O)C1NCCCC1C. The second-order valence-corrected chi connectivity index (χ2v) is 4.04. The molecule has 0 saturated carbocycles. The van der Waals surface area contributed by atoms with Gasteiger partial charge in [-0.15, -0.1) is 0 Å². The van der Waals surface area contributed by atoms with Gasteiger partial charge in [-0.1, -0.05) is 6.92 Å². The van der Waals surface area contributed by atoms with E-state index in [4.69, 9.17) is 4.74 Å². The highest BCUT2D eigenvalue weighted by atomic mass is 16.5. The number of nitrogens with one attached hydrogen (secondary N) is 1. The fourth-order valence-electron chi connectivity index (χ4n) is 1.67. The van der Waals surface area contributed by atoms with Crippen LogP contribution >= 0.6 is 0 Å². The van der Waals surface area contributed by atoms with Crippen LogP contribution in [0.1, 0.15) is 33.6 Å². The van der Waals surface area contributed by atoms with Crippen molar-refractivity contribution in [3.05, 3.63) is 0 Å². The molecule has 13 heavy (non-hydrogen) atoms. The number of esters is 1. The number of carbonyl (C=O) groups is 1. The quantitative estimate of drug-likeness (QED) is 0.659. The molecule has 1 aliphatic heterocycles. The predicted molar refractivity (Wildman–Crippen MR) is 51.4 cm³/mol. The number of hydrogen-bond donors (Lipinski definition) is 1. The molecule has 0 bridgehead atoms. The number of carbonyl (C=O) groups excluding carboxylic acids is 1. The molecular formula is C10H19NO2. The minimum absolute atomic E-state index is 0.0107. The van der Waals surface area contributed by atoms with Crippen LogP contribution < -0.4 is 5.32 Å². The molecule has 1 heterocycles. The van der Waals surface area contributed by atoms with E-state index in [1.807, 2.05) is 13.8 Å². The van der Waals surface area contributed by atoms with Crippen molar-refractivity contribution in [1.29, 1.82) is 0 Å². The maximum absolute atomic E-state index is 11.5. The third-order valence-electron chi connectivity index (χ3n) is 2.38. The molecule has 3 heteroatoms. The molecule has 3 nitrogen and oxygen atoms in total. The van der Waals surface area contributed by atoms with Crippen molar-refractivity contribution >= 4 is 5.97 Å². The van der Waals surface area contributed by atoms with Gasteiger partial charge >= 0.3 is 5.97 Å². The van der Waals surface area contributed by atoms with Crippen LogP contribution in [0, 0.1) is 5.92 Å². The maximum Gasteiger partial charge on any atom is 0.323 e. The lowest BCUT2D eigenvalue weighted by Gasteiger charge is -2.28. The Morgan fingerprint density at radius 1 is 1.54 bits per heavy atom. The van der Waals surface area contributed by atoms with E-state index < -0.39 is 0 Å². The Bertz CT molecular complexity index is 180. The topological polar surface area (TPSA) is 38.3 Å². The van der Waals surface area contributed by atoms with Gasteiger partial charge in [-0.25, -0.2) is 0 Å². The van der Waals surface area contributed by atoms with Crippen LogP contribution in [-0.2, 0) is 9.53 Å². The largest absolute Gasteiger partial charge is 0.462 e. The summed E-state index contributed by atoms with van der Waals surface area (Å²) in [5, 5.41) is 3.20. The van der Waals surface area contributed by atoms with Crippen LogP contribution in [0.25, 0.3) is 0 Å². The number of rotatable bonds is 2. The van der Waals surface area contributed by atoms with Crippen molar-refractivity contribution < 1.29 is 9.53 Å². The molecule has 1 aliphatic rings. The van der Waals surface area contributed by atoms with Crippen molar-refractivity contribution in [1.82, 2.24) is 5.32 Å². The first-order valence-corrected chi connectivity index (χ1v) is 5.05. The summed E-state index contributed by atoms with van der Waals surface area (Å²) in [5.41, 5.74) is 0. The smallest absolute Gasteiger partial charge is 0.323 e. The highest BCUT2D eigenvalue weighted by Crippen LogP contribution is 2.16. The van der Waals surface area contributed by atoms with E-state index in [2.05, 4.69) is 12.2 Å². The Labute approximate surface area is 79.8 Å². The van der Waals surface area contributed by atoms with Crippen molar-refractivity contribution in [2.45, 2.75) is 45.8 Å². The molecule has 2 unspecified atom stereocenters. The zero-order chi connectivity index (χ0) is 9.84. The van der Waals surface area contributed by atoms with Gasteiger partial charge in [0, 0.05) is 0 Å². The van der Waals surface area contributed by atoms with Crippen molar-refractivity contribution in [2.24, 2.45) is 5.92 Å². The summed E-state index contributed by atoms with van der Waals surface area (Å²) < 4.78 is 5.16. The van der Waals surface area contributed by atoms with Gasteiger partial charge in [-0.2, -0.15) is 0 Å². The predicted octanol–water partition coefficient (Wildman–Crippen LogP) is 1.33. The summed E-state index contributed by atoms with van der Waals surface area (Å²) >= 11 is 0. The lowest BCUT2D eigenvalue weighted by Crippen LogP contribution is -2.47. The Morgan fingerprint density at radius 3 is 2.77 bits per heavy atom. The number of ether oxygens (including phenoxy) is 1. The molecule has 1 N–H and O–H groups in total.